The molecule has 5 N–H and O–H groups in total. The molecule has 3 heterocycles. The number of nitrogens with zero attached hydrogens (tertiary/aromatic N) is 2. The largest absolute Gasteiger partial charge is 0.397 e. The summed E-state index contributed by atoms with van der Waals surface area (Å²) in [5, 5.41) is 3.04. The highest BCUT2D eigenvalue weighted by atomic mass is 32.2. The third-order valence-corrected chi connectivity index (χ3v) is 6.34. The Morgan fingerprint density at radius 3 is 2.90 bits per heavy atom. The van der Waals surface area contributed by atoms with Gasteiger partial charge in [-0.2, -0.15) is 0 Å². The molecule has 3 atom stereocenters. The summed E-state index contributed by atoms with van der Waals surface area (Å²) in [6, 6.07) is 7.32. The number of thioether (sulfide) groups is 1. The zero-order valence-corrected chi connectivity index (χ0v) is 16.8. The van der Waals surface area contributed by atoms with Crippen LogP contribution in [-0.4, -0.2) is 41.2 Å². The Kier molecular flexibility index (Phi) is 5.61. The monoisotopic (exact) mass is 433 g/mol. The van der Waals surface area contributed by atoms with Gasteiger partial charge < -0.3 is 21.5 Å². The van der Waals surface area contributed by atoms with E-state index in [1.807, 2.05) is 0 Å². The first-order valence-corrected chi connectivity index (χ1v) is 10.4. The maximum Gasteiger partial charge on any atom is 0.274 e. The number of amidine groups is 1. The molecule has 1 aromatic carbocycles. The van der Waals surface area contributed by atoms with Crippen molar-refractivity contribution in [2.24, 2.45) is 16.6 Å². The van der Waals surface area contributed by atoms with Crippen molar-refractivity contribution in [3.8, 4) is 0 Å². The Balaban J connectivity index is 1.67. The molecule has 0 bridgehead atoms. The summed E-state index contributed by atoms with van der Waals surface area (Å²) in [6.45, 7) is -0.592. The maximum atomic E-state index is 14.9. The van der Waals surface area contributed by atoms with Crippen LogP contribution in [0, 0.1) is 11.7 Å². The molecule has 4 rings (SSSR count). The van der Waals surface area contributed by atoms with E-state index in [1.54, 1.807) is 6.07 Å². The Bertz CT molecular complexity index is 988. The number of pyridine rings is 1. The van der Waals surface area contributed by atoms with Gasteiger partial charge in [-0.15, -0.1) is 0 Å². The summed E-state index contributed by atoms with van der Waals surface area (Å²) in [5.41, 5.74) is 11.7. The van der Waals surface area contributed by atoms with Gasteiger partial charge in [0.15, 0.2) is 5.17 Å². The van der Waals surface area contributed by atoms with Crippen molar-refractivity contribution in [2.75, 3.05) is 30.1 Å². The zero-order chi connectivity index (χ0) is 21.3. The van der Waals surface area contributed by atoms with Crippen LogP contribution in [0.3, 0.4) is 0 Å². The third kappa shape index (κ3) is 3.84. The minimum atomic E-state index is -1.06. The van der Waals surface area contributed by atoms with Gasteiger partial charge >= 0.3 is 0 Å². The van der Waals surface area contributed by atoms with Gasteiger partial charge in [0.25, 0.3) is 5.91 Å². The predicted octanol–water partition coefficient (Wildman–Crippen LogP) is 2.69. The summed E-state index contributed by atoms with van der Waals surface area (Å²) in [4.78, 5) is 21.0. The number of fused-ring (bicyclic) bond motifs is 1. The molecule has 1 saturated heterocycles. The topological polar surface area (TPSA) is 116 Å². The number of halogens is 2. The molecule has 0 aliphatic carbocycles. The molecule has 2 aliphatic heterocycles. The van der Waals surface area contributed by atoms with Crippen LogP contribution in [0.4, 0.5) is 20.2 Å². The number of benzene rings is 1. The zero-order valence-electron chi connectivity index (χ0n) is 16.0. The minimum absolute atomic E-state index is 0.0152. The van der Waals surface area contributed by atoms with Crippen LogP contribution in [0.15, 0.2) is 41.5 Å². The quantitative estimate of drug-likeness (QED) is 0.683. The van der Waals surface area contributed by atoms with Crippen LogP contribution in [0.25, 0.3) is 0 Å². The number of amides is 1. The lowest BCUT2D eigenvalue weighted by Gasteiger charge is -2.46. The van der Waals surface area contributed by atoms with Crippen molar-refractivity contribution >= 4 is 34.2 Å². The van der Waals surface area contributed by atoms with E-state index in [0.29, 0.717) is 28.7 Å². The molecule has 158 valence electrons. The SMILES string of the molecule is NC1=N[C@@]2(c3cc(NC(=O)c4ccc(N)cn4)ccc3F)CO[C@@H](CF)C[C@H]2CS1. The van der Waals surface area contributed by atoms with Gasteiger partial charge in [-0.25, -0.2) is 18.8 Å². The highest BCUT2D eigenvalue weighted by Gasteiger charge is 2.49. The second-order valence-electron chi connectivity index (χ2n) is 7.33. The van der Waals surface area contributed by atoms with Gasteiger partial charge in [-0.1, -0.05) is 11.8 Å². The number of anilines is 2. The van der Waals surface area contributed by atoms with Crippen LogP contribution < -0.4 is 16.8 Å². The Hall–Kier alpha value is -2.72. The average Bonchev–Trinajstić information content (AvgIpc) is 2.75. The fourth-order valence-corrected chi connectivity index (χ4v) is 4.83. The number of nitrogen functional groups attached to an aromatic ring is 1. The van der Waals surface area contributed by atoms with Gasteiger partial charge in [0.2, 0.25) is 0 Å². The fourth-order valence-electron chi connectivity index (χ4n) is 3.82. The Labute approximate surface area is 176 Å². The summed E-state index contributed by atoms with van der Waals surface area (Å²) < 4.78 is 33.8. The van der Waals surface area contributed by atoms with E-state index >= 15 is 0 Å². The van der Waals surface area contributed by atoms with Gasteiger partial charge in [0.1, 0.15) is 23.7 Å². The normalized spacial score (nSPS) is 25.9. The summed E-state index contributed by atoms with van der Waals surface area (Å²) >= 11 is 1.37. The number of alkyl halides is 1. The average molecular weight is 433 g/mol. The number of rotatable bonds is 4. The number of aliphatic imine (C=N–C) groups is 1. The van der Waals surface area contributed by atoms with E-state index in [-0.39, 0.29) is 23.8 Å². The molecule has 10 heteroatoms. The second kappa shape index (κ2) is 8.19. The summed E-state index contributed by atoms with van der Waals surface area (Å²) in [5.74, 6) is -0.514. The molecule has 0 spiro atoms. The molecule has 2 aromatic rings. The van der Waals surface area contributed by atoms with Gasteiger partial charge in [-0.05, 0) is 36.8 Å². The molecule has 30 heavy (non-hydrogen) atoms. The van der Waals surface area contributed by atoms with Crippen molar-refractivity contribution in [3.63, 3.8) is 0 Å². The highest BCUT2D eigenvalue weighted by molar-refractivity contribution is 8.13. The van der Waals surface area contributed by atoms with Crippen LogP contribution >= 0.6 is 11.8 Å². The molecule has 0 unspecified atom stereocenters. The van der Waals surface area contributed by atoms with Gasteiger partial charge in [0.05, 0.1) is 24.6 Å². The molecule has 1 aromatic heterocycles. The molecule has 0 radical (unpaired) electrons. The van der Waals surface area contributed by atoms with Crippen molar-refractivity contribution in [2.45, 2.75) is 18.1 Å². The van der Waals surface area contributed by atoms with Gasteiger partial charge in [-0.3, -0.25) is 4.79 Å². The predicted molar refractivity (Wildman–Crippen MR) is 113 cm³/mol. The molecular weight excluding hydrogens is 412 g/mol. The van der Waals surface area contributed by atoms with Crippen LogP contribution in [0.2, 0.25) is 0 Å². The first-order chi connectivity index (χ1) is 14.4. The first kappa shape index (κ1) is 20.5. The van der Waals surface area contributed by atoms with E-state index in [4.69, 9.17) is 16.2 Å². The number of nitrogens with one attached hydrogen (secondary N) is 1. The lowest BCUT2D eigenvalue weighted by molar-refractivity contribution is -0.0652. The number of ether oxygens (including phenoxy) is 1. The lowest BCUT2D eigenvalue weighted by atomic mass is 9.75. The van der Waals surface area contributed by atoms with E-state index in [0.717, 1.165) is 0 Å². The van der Waals surface area contributed by atoms with E-state index < -0.39 is 30.0 Å². The Morgan fingerprint density at radius 1 is 1.33 bits per heavy atom. The van der Waals surface area contributed by atoms with Gasteiger partial charge in [0, 0.05) is 22.9 Å². The lowest BCUT2D eigenvalue weighted by Crippen LogP contribution is -2.50. The van der Waals surface area contributed by atoms with E-state index in [2.05, 4.69) is 15.3 Å². The number of carbonyl (C=O) groups is 1. The maximum absolute atomic E-state index is 14.9. The van der Waals surface area contributed by atoms with E-state index in [9.17, 15) is 13.6 Å². The molecule has 1 amide bonds. The molecule has 1 fully saturated rings. The molecule has 2 aliphatic rings. The van der Waals surface area contributed by atoms with Crippen LogP contribution in [0.5, 0.6) is 0 Å². The van der Waals surface area contributed by atoms with Crippen LogP contribution in [0.1, 0.15) is 22.5 Å². The number of nitrogens with two attached hydrogens (primary N) is 2. The standard InChI is InChI=1S/C20H21F2N5O2S/c21-7-14-5-11-9-30-19(24)27-20(11,10-29-14)15-6-13(2-3-16(15)22)26-18(28)17-4-1-12(23)8-25-17/h1-4,6,8,11,14H,5,7,9-10,23H2,(H2,24,27)(H,26,28)/t11-,14+,20-/m0/s1. The second-order valence-corrected chi connectivity index (χ2v) is 8.37. The number of carbonyl (C=O) groups excluding carboxylic acids is 1. The third-order valence-electron chi connectivity index (χ3n) is 5.39. The summed E-state index contributed by atoms with van der Waals surface area (Å²) in [7, 11) is 0. The van der Waals surface area contributed by atoms with Crippen molar-refractivity contribution in [3.05, 3.63) is 53.6 Å². The van der Waals surface area contributed by atoms with Crippen LogP contribution in [-0.2, 0) is 10.3 Å². The Morgan fingerprint density at radius 2 is 2.17 bits per heavy atom. The van der Waals surface area contributed by atoms with Crippen molar-refractivity contribution in [1.29, 1.82) is 0 Å². The fraction of sp³-hybridized carbons (Fsp3) is 0.350. The number of aromatic nitrogens is 1. The van der Waals surface area contributed by atoms with Crippen molar-refractivity contribution in [1.82, 2.24) is 4.98 Å². The highest BCUT2D eigenvalue weighted by Crippen LogP contribution is 2.47. The smallest absolute Gasteiger partial charge is 0.274 e. The van der Waals surface area contributed by atoms with E-state index in [1.165, 1.54) is 42.2 Å². The molecular formula is C20H21F2N5O2S. The molecule has 7 nitrogen and oxygen atoms in total. The number of hydrogen-bond acceptors (Lipinski definition) is 7. The van der Waals surface area contributed by atoms with Crippen molar-refractivity contribution < 1.29 is 18.3 Å². The minimum Gasteiger partial charge on any atom is -0.397 e. The number of hydrogen-bond donors (Lipinski definition) is 3. The summed E-state index contributed by atoms with van der Waals surface area (Å²) in [6.07, 6.45) is 1.25. The first-order valence-electron chi connectivity index (χ1n) is 9.40. The molecule has 0 saturated carbocycles.